The lowest BCUT2D eigenvalue weighted by atomic mass is 10.1. The predicted molar refractivity (Wildman–Crippen MR) is 122 cm³/mol. The van der Waals surface area contributed by atoms with Gasteiger partial charge in [0.1, 0.15) is 5.82 Å². The Bertz CT molecular complexity index is 1320. The molecule has 2 aromatic heterocycles. The Labute approximate surface area is 185 Å². The Morgan fingerprint density at radius 2 is 1.91 bits per heavy atom. The summed E-state index contributed by atoms with van der Waals surface area (Å²) in [5.41, 5.74) is 3.24. The van der Waals surface area contributed by atoms with Gasteiger partial charge in [0.25, 0.3) is 11.5 Å². The van der Waals surface area contributed by atoms with E-state index in [0.717, 1.165) is 49.2 Å². The summed E-state index contributed by atoms with van der Waals surface area (Å²) in [6.07, 6.45) is 7.62. The van der Waals surface area contributed by atoms with Gasteiger partial charge in [0, 0.05) is 37.5 Å². The van der Waals surface area contributed by atoms with E-state index in [9.17, 15) is 9.59 Å². The average molecular weight is 428 g/mol. The SMILES string of the molecule is O=C(NCc1ccccc1Cn1cccn1)c1ccc2c(=O)n3c(nc2c1)CCCCC3. The molecular formula is C25H25N5O2. The first-order valence-corrected chi connectivity index (χ1v) is 11.0. The zero-order valence-corrected chi connectivity index (χ0v) is 17.8. The normalized spacial score (nSPS) is 13.5. The molecule has 0 fully saturated rings. The third kappa shape index (κ3) is 4.06. The van der Waals surface area contributed by atoms with Crippen LogP contribution in [0.4, 0.5) is 0 Å². The number of fused-ring (bicyclic) bond motifs is 2. The number of nitrogens with one attached hydrogen (secondary N) is 1. The molecule has 0 spiro atoms. The second kappa shape index (κ2) is 8.78. The van der Waals surface area contributed by atoms with Gasteiger partial charge in [0.05, 0.1) is 17.4 Å². The van der Waals surface area contributed by atoms with Crippen LogP contribution in [-0.4, -0.2) is 25.2 Å². The maximum absolute atomic E-state index is 12.9. The maximum atomic E-state index is 12.9. The summed E-state index contributed by atoms with van der Waals surface area (Å²) in [4.78, 5) is 30.5. The van der Waals surface area contributed by atoms with Crippen molar-refractivity contribution in [1.29, 1.82) is 0 Å². The van der Waals surface area contributed by atoms with Crippen molar-refractivity contribution in [2.24, 2.45) is 0 Å². The Morgan fingerprint density at radius 3 is 2.75 bits per heavy atom. The van der Waals surface area contributed by atoms with Crippen molar-refractivity contribution in [2.75, 3.05) is 0 Å². The van der Waals surface area contributed by atoms with Gasteiger partial charge < -0.3 is 5.32 Å². The lowest BCUT2D eigenvalue weighted by molar-refractivity contribution is 0.0951. The molecule has 0 aliphatic carbocycles. The second-order valence-corrected chi connectivity index (χ2v) is 8.18. The van der Waals surface area contributed by atoms with Crippen molar-refractivity contribution >= 4 is 16.8 Å². The Balaban J connectivity index is 1.36. The molecule has 0 saturated heterocycles. The molecule has 1 N–H and O–H groups in total. The van der Waals surface area contributed by atoms with Crippen LogP contribution in [0.3, 0.4) is 0 Å². The van der Waals surface area contributed by atoms with Crippen molar-refractivity contribution in [3.63, 3.8) is 0 Å². The minimum atomic E-state index is -0.183. The first-order chi connectivity index (χ1) is 15.7. The highest BCUT2D eigenvalue weighted by molar-refractivity contribution is 5.97. The number of hydrogen-bond acceptors (Lipinski definition) is 4. The van der Waals surface area contributed by atoms with Crippen LogP contribution in [0.1, 0.15) is 46.6 Å². The zero-order chi connectivity index (χ0) is 21.9. The largest absolute Gasteiger partial charge is 0.348 e. The van der Waals surface area contributed by atoms with Crippen LogP contribution in [0, 0.1) is 0 Å². The van der Waals surface area contributed by atoms with Crippen molar-refractivity contribution in [2.45, 2.75) is 45.3 Å². The Kier molecular flexibility index (Phi) is 5.54. The molecule has 0 atom stereocenters. The van der Waals surface area contributed by atoms with Crippen LogP contribution in [-0.2, 0) is 26.1 Å². The van der Waals surface area contributed by atoms with Crippen LogP contribution in [0.15, 0.2) is 65.7 Å². The molecule has 5 rings (SSSR count). The third-order valence-electron chi connectivity index (χ3n) is 6.03. The second-order valence-electron chi connectivity index (χ2n) is 8.18. The Morgan fingerprint density at radius 1 is 1.03 bits per heavy atom. The molecule has 1 aliphatic heterocycles. The zero-order valence-electron chi connectivity index (χ0n) is 17.8. The molecule has 32 heavy (non-hydrogen) atoms. The van der Waals surface area contributed by atoms with Gasteiger partial charge in [-0.2, -0.15) is 5.10 Å². The predicted octanol–water partition coefficient (Wildman–Crippen LogP) is 3.30. The molecule has 0 saturated carbocycles. The first kappa shape index (κ1) is 20.2. The fourth-order valence-electron chi connectivity index (χ4n) is 4.29. The van der Waals surface area contributed by atoms with Crippen molar-refractivity contribution in [1.82, 2.24) is 24.6 Å². The molecule has 3 heterocycles. The number of aromatic nitrogens is 4. The number of benzene rings is 2. The van der Waals surface area contributed by atoms with Gasteiger partial charge in [0.15, 0.2) is 0 Å². The van der Waals surface area contributed by atoms with Gasteiger partial charge in [-0.05, 0) is 48.2 Å². The smallest absolute Gasteiger partial charge is 0.261 e. The molecule has 4 aromatic rings. The summed E-state index contributed by atoms with van der Waals surface area (Å²) in [6.45, 7) is 1.78. The molecule has 7 nitrogen and oxygen atoms in total. The lowest BCUT2D eigenvalue weighted by Gasteiger charge is -2.12. The van der Waals surface area contributed by atoms with Crippen molar-refractivity contribution in [3.05, 3.63) is 93.8 Å². The van der Waals surface area contributed by atoms with E-state index >= 15 is 0 Å². The fraction of sp³-hybridized carbons (Fsp3) is 0.280. The molecule has 0 radical (unpaired) electrons. The van der Waals surface area contributed by atoms with Gasteiger partial charge >= 0.3 is 0 Å². The van der Waals surface area contributed by atoms with E-state index in [1.807, 2.05) is 41.2 Å². The molecule has 0 bridgehead atoms. The molecule has 1 aliphatic rings. The number of aryl methyl sites for hydroxylation is 1. The van der Waals surface area contributed by atoms with Crippen LogP contribution >= 0.6 is 0 Å². The lowest BCUT2D eigenvalue weighted by Crippen LogP contribution is -2.26. The fourth-order valence-corrected chi connectivity index (χ4v) is 4.29. The van der Waals surface area contributed by atoms with Crippen LogP contribution in [0.2, 0.25) is 0 Å². The number of amides is 1. The number of hydrogen-bond donors (Lipinski definition) is 1. The van der Waals surface area contributed by atoms with E-state index in [-0.39, 0.29) is 11.5 Å². The molecule has 162 valence electrons. The number of rotatable bonds is 5. The molecule has 2 aromatic carbocycles. The van der Waals surface area contributed by atoms with Gasteiger partial charge in [-0.3, -0.25) is 18.8 Å². The summed E-state index contributed by atoms with van der Waals surface area (Å²) >= 11 is 0. The highest BCUT2D eigenvalue weighted by Gasteiger charge is 2.15. The van der Waals surface area contributed by atoms with E-state index in [2.05, 4.69) is 10.4 Å². The summed E-state index contributed by atoms with van der Waals surface area (Å²) in [5, 5.41) is 7.84. The summed E-state index contributed by atoms with van der Waals surface area (Å²) in [6, 6.07) is 15.1. The van der Waals surface area contributed by atoms with Crippen LogP contribution < -0.4 is 10.9 Å². The van der Waals surface area contributed by atoms with Crippen LogP contribution in [0.25, 0.3) is 10.9 Å². The van der Waals surface area contributed by atoms with Gasteiger partial charge in [-0.15, -0.1) is 0 Å². The molecule has 1 amide bonds. The van der Waals surface area contributed by atoms with E-state index in [1.165, 1.54) is 0 Å². The van der Waals surface area contributed by atoms with Crippen molar-refractivity contribution < 1.29 is 4.79 Å². The van der Waals surface area contributed by atoms with Gasteiger partial charge in [-0.1, -0.05) is 30.7 Å². The summed E-state index contributed by atoms with van der Waals surface area (Å²) in [5.74, 6) is 0.641. The van der Waals surface area contributed by atoms with E-state index in [4.69, 9.17) is 4.98 Å². The number of nitrogens with zero attached hydrogens (tertiary/aromatic N) is 4. The average Bonchev–Trinajstić information content (AvgIpc) is 3.21. The van der Waals surface area contributed by atoms with Gasteiger partial charge in [0.2, 0.25) is 0 Å². The standard InChI is InChI=1S/C25H25N5O2/c31-24(26-16-19-7-3-4-8-20(19)17-29-13-6-12-27-29)18-10-11-21-22(15-18)28-23-9-2-1-5-14-30(23)25(21)32/h3-4,6-8,10-13,15H,1-2,5,9,14,16-17H2,(H,26,31). The highest BCUT2D eigenvalue weighted by Crippen LogP contribution is 2.17. The Hall–Kier alpha value is -3.74. The van der Waals surface area contributed by atoms with E-state index in [0.29, 0.717) is 29.6 Å². The quantitative estimate of drug-likeness (QED) is 0.530. The summed E-state index contributed by atoms with van der Waals surface area (Å²) < 4.78 is 3.66. The van der Waals surface area contributed by atoms with Crippen molar-refractivity contribution in [3.8, 4) is 0 Å². The minimum Gasteiger partial charge on any atom is -0.348 e. The number of carbonyl (C=O) groups is 1. The van der Waals surface area contributed by atoms with Crippen LogP contribution in [0.5, 0.6) is 0 Å². The minimum absolute atomic E-state index is 0.00796. The first-order valence-electron chi connectivity index (χ1n) is 11.0. The highest BCUT2D eigenvalue weighted by atomic mass is 16.1. The summed E-state index contributed by atoms with van der Waals surface area (Å²) in [7, 11) is 0. The molecular weight excluding hydrogens is 402 g/mol. The van der Waals surface area contributed by atoms with E-state index in [1.54, 1.807) is 29.0 Å². The monoisotopic (exact) mass is 427 g/mol. The van der Waals surface area contributed by atoms with E-state index < -0.39 is 0 Å². The molecule has 0 unspecified atom stereocenters. The maximum Gasteiger partial charge on any atom is 0.261 e. The third-order valence-corrected chi connectivity index (χ3v) is 6.03. The van der Waals surface area contributed by atoms with Gasteiger partial charge in [-0.25, -0.2) is 4.98 Å². The number of carbonyl (C=O) groups excluding carboxylic acids is 1. The molecule has 7 heteroatoms. The topological polar surface area (TPSA) is 81.8 Å².